The Kier molecular flexibility index (Phi) is 3.36. The zero-order valence-corrected chi connectivity index (χ0v) is 9.72. The second-order valence-corrected chi connectivity index (χ2v) is 4.34. The first-order valence-electron chi connectivity index (χ1n) is 5.51. The van der Waals surface area contributed by atoms with Gasteiger partial charge < -0.3 is 9.47 Å². The summed E-state index contributed by atoms with van der Waals surface area (Å²) in [7, 11) is 0. The normalized spacial score (nSPS) is 24.0. The van der Waals surface area contributed by atoms with Crippen molar-refractivity contribution in [1.29, 1.82) is 0 Å². The third-order valence-corrected chi connectivity index (χ3v) is 2.42. The largest absolute Gasteiger partial charge is 0.347 e. The third kappa shape index (κ3) is 3.15. The Morgan fingerprint density at radius 2 is 2.12 bits per heavy atom. The summed E-state index contributed by atoms with van der Waals surface area (Å²) < 4.78 is 11.1. The van der Waals surface area contributed by atoms with E-state index in [0.717, 1.165) is 0 Å². The highest BCUT2D eigenvalue weighted by Crippen LogP contribution is 2.21. The summed E-state index contributed by atoms with van der Waals surface area (Å²) in [5.41, 5.74) is 1.21. The van der Waals surface area contributed by atoms with Crippen LogP contribution in [0, 0.1) is 0 Å². The van der Waals surface area contributed by atoms with Crippen LogP contribution in [0.5, 0.6) is 0 Å². The van der Waals surface area contributed by atoms with Gasteiger partial charge in [0.05, 0.1) is 13.2 Å². The predicted molar refractivity (Wildman–Crippen MR) is 63.5 cm³/mol. The summed E-state index contributed by atoms with van der Waals surface area (Å²) in [5.74, 6) is -0.469. The molecule has 3 nitrogen and oxygen atoms in total. The molecule has 1 saturated heterocycles. The van der Waals surface area contributed by atoms with Crippen LogP contribution in [-0.2, 0) is 16.0 Å². The number of benzene rings is 1. The SMILES string of the molecule is CC1(C)OC[C@H](C=NCc2ccccc2)O1. The molecule has 0 saturated carbocycles. The average Bonchev–Trinajstić information content (AvgIpc) is 2.60. The van der Waals surface area contributed by atoms with Gasteiger partial charge in [-0.25, -0.2) is 0 Å². The molecule has 2 rings (SSSR count). The molecule has 0 amide bonds. The molecule has 0 aliphatic carbocycles. The summed E-state index contributed by atoms with van der Waals surface area (Å²) in [6.07, 6.45) is 1.82. The van der Waals surface area contributed by atoms with Gasteiger partial charge in [0.25, 0.3) is 0 Å². The molecule has 0 N–H and O–H groups in total. The van der Waals surface area contributed by atoms with E-state index in [-0.39, 0.29) is 6.10 Å². The molecule has 1 aliphatic rings. The number of hydrogen-bond donors (Lipinski definition) is 0. The van der Waals surface area contributed by atoms with E-state index in [9.17, 15) is 0 Å². The number of hydrogen-bond acceptors (Lipinski definition) is 3. The molecule has 1 aliphatic heterocycles. The summed E-state index contributed by atoms with van der Waals surface area (Å²) >= 11 is 0. The lowest BCUT2D eigenvalue weighted by atomic mass is 10.2. The van der Waals surface area contributed by atoms with Crippen molar-refractivity contribution in [2.45, 2.75) is 32.3 Å². The van der Waals surface area contributed by atoms with Gasteiger partial charge >= 0.3 is 0 Å². The summed E-state index contributed by atoms with van der Waals surface area (Å²) in [6, 6.07) is 10.2. The highest BCUT2D eigenvalue weighted by Gasteiger charge is 2.31. The van der Waals surface area contributed by atoms with Crippen molar-refractivity contribution < 1.29 is 9.47 Å². The van der Waals surface area contributed by atoms with Gasteiger partial charge in [-0.2, -0.15) is 0 Å². The molecule has 16 heavy (non-hydrogen) atoms. The maximum atomic E-state index is 5.62. The lowest BCUT2D eigenvalue weighted by Gasteiger charge is -2.15. The van der Waals surface area contributed by atoms with Gasteiger partial charge in [0.2, 0.25) is 0 Å². The van der Waals surface area contributed by atoms with Crippen LogP contribution in [0.1, 0.15) is 19.4 Å². The van der Waals surface area contributed by atoms with E-state index in [1.54, 1.807) is 0 Å². The van der Waals surface area contributed by atoms with E-state index in [0.29, 0.717) is 13.2 Å². The Labute approximate surface area is 96.1 Å². The molecule has 3 heteroatoms. The van der Waals surface area contributed by atoms with Gasteiger partial charge in [-0.1, -0.05) is 30.3 Å². The fourth-order valence-electron chi connectivity index (χ4n) is 1.65. The molecule has 1 fully saturated rings. The summed E-state index contributed by atoms with van der Waals surface area (Å²) in [4.78, 5) is 4.36. The molecular formula is C13H17NO2. The fourth-order valence-corrected chi connectivity index (χ4v) is 1.65. The lowest BCUT2D eigenvalue weighted by molar-refractivity contribution is -0.130. The van der Waals surface area contributed by atoms with Crippen molar-refractivity contribution in [2.75, 3.05) is 6.61 Å². The predicted octanol–water partition coefficient (Wildman–Crippen LogP) is 2.41. The van der Waals surface area contributed by atoms with Crippen LogP contribution in [0.3, 0.4) is 0 Å². The average molecular weight is 219 g/mol. The van der Waals surface area contributed by atoms with Crippen LogP contribution in [0.4, 0.5) is 0 Å². The molecule has 86 valence electrons. The topological polar surface area (TPSA) is 30.8 Å². The molecule has 1 aromatic carbocycles. The van der Waals surface area contributed by atoms with Crippen LogP contribution in [0.25, 0.3) is 0 Å². The van der Waals surface area contributed by atoms with Crippen molar-refractivity contribution >= 4 is 6.21 Å². The highest BCUT2D eigenvalue weighted by molar-refractivity contribution is 5.63. The van der Waals surface area contributed by atoms with Crippen LogP contribution in [-0.4, -0.2) is 24.7 Å². The Morgan fingerprint density at radius 1 is 1.38 bits per heavy atom. The van der Waals surface area contributed by atoms with Gasteiger partial charge in [0.1, 0.15) is 6.10 Å². The second kappa shape index (κ2) is 4.76. The Hall–Kier alpha value is -1.19. The number of aliphatic imine (C=N–C) groups is 1. The Balaban J connectivity index is 1.83. The van der Waals surface area contributed by atoms with Crippen molar-refractivity contribution in [1.82, 2.24) is 0 Å². The van der Waals surface area contributed by atoms with Crippen LogP contribution < -0.4 is 0 Å². The molecule has 1 atom stereocenters. The first-order valence-corrected chi connectivity index (χ1v) is 5.51. The van der Waals surface area contributed by atoms with E-state index in [2.05, 4.69) is 17.1 Å². The van der Waals surface area contributed by atoms with Gasteiger partial charge in [0.15, 0.2) is 5.79 Å². The minimum atomic E-state index is -0.469. The maximum Gasteiger partial charge on any atom is 0.163 e. The third-order valence-electron chi connectivity index (χ3n) is 2.42. The van der Waals surface area contributed by atoms with Crippen LogP contribution in [0.2, 0.25) is 0 Å². The minimum absolute atomic E-state index is 0.0151. The van der Waals surface area contributed by atoms with Crippen molar-refractivity contribution in [2.24, 2.45) is 4.99 Å². The minimum Gasteiger partial charge on any atom is -0.347 e. The van der Waals surface area contributed by atoms with Crippen molar-refractivity contribution in [3.05, 3.63) is 35.9 Å². The Morgan fingerprint density at radius 3 is 2.75 bits per heavy atom. The van der Waals surface area contributed by atoms with E-state index in [4.69, 9.17) is 9.47 Å². The standard InChI is InChI=1S/C13H17NO2/c1-13(2)15-10-12(16-13)9-14-8-11-6-4-3-5-7-11/h3-7,9,12H,8,10H2,1-2H3/t12-/m0/s1. The van der Waals surface area contributed by atoms with E-state index in [1.807, 2.05) is 38.3 Å². The van der Waals surface area contributed by atoms with E-state index >= 15 is 0 Å². The van der Waals surface area contributed by atoms with Gasteiger partial charge in [-0.05, 0) is 19.4 Å². The fraction of sp³-hybridized carbons (Fsp3) is 0.462. The zero-order valence-electron chi connectivity index (χ0n) is 9.72. The first-order chi connectivity index (χ1) is 7.66. The molecule has 0 aromatic heterocycles. The monoisotopic (exact) mass is 219 g/mol. The van der Waals surface area contributed by atoms with Crippen LogP contribution >= 0.6 is 0 Å². The molecule has 0 bridgehead atoms. The number of ether oxygens (including phenoxy) is 2. The quantitative estimate of drug-likeness (QED) is 0.731. The summed E-state index contributed by atoms with van der Waals surface area (Å²) in [5, 5.41) is 0. The van der Waals surface area contributed by atoms with E-state index < -0.39 is 5.79 Å². The summed E-state index contributed by atoms with van der Waals surface area (Å²) in [6.45, 7) is 5.11. The van der Waals surface area contributed by atoms with Gasteiger partial charge in [0, 0.05) is 6.21 Å². The second-order valence-electron chi connectivity index (χ2n) is 4.34. The van der Waals surface area contributed by atoms with Crippen LogP contribution in [0.15, 0.2) is 35.3 Å². The molecule has 0 spiro atoms. The first kappa shape index (κ1) is 11.3. The molecule has 1 aromatic rings. The molecule has 0 unspecified atom stereocenters. The van der Waals surface area contributed by atoms with Gasteiger partial charge in [-0.3, -0.25) is 4.99 Å². The van der Waals surface area contributed by atoms with E-state index in [1.165, 1.54) is 5.56 Å². The lowest BCUT2D eigenvalue weighted by Crippen LogP contribution is -2.21. The Bertz CT molecular complexity index is 359. The maximum absolute atomic E-state index is 5.62. The smallest absolute Gasteiger partial charge is 0.163 e. The molecule has 0 radical (unpaired) electrons. The molecule has 1 heterocycles. The number of rotatable bonds is 3. The molecular weight excluding hydrogens is 202 g/mol. The highest BCUT2D eigenvalue weighted by atomic mass is 16.7. The van der Waals surface area contributed by atoms with Crippen molar-refractivity contribution in [3.63, 3.8) is 0 Å². The van der Waals surface area contributed by atoms with Gasteiger partial charge in [-0.15, -0.1) is 0 Å². The number of nitrogens with zero attached hydrogens (tertiary/aromatic N) is 1. The zero-order chi connectivity index (χ0) is 11.4. The van der Waals surface area contributed by atoms with Crippen molar-refractivity contribution in [3.8, 4) is 0 Å².